The van der Waals surface area contributed by atoms with E-state index in [-0.39, 0.29) is 23.8 Å². The number of aryl methyl sites for hydroxylation is 1. The van der Waals surface area contributed by atoms with Crippen molar-refractivity contribution in [2.24, 2.45) is 0 Å². The van der Waals surface area contributed by atoms with Gasteiger partial charge >= 0.3 is 0 Å². The molecule has 7 heteroatoms. The number of aromatic nitrogens is 2. The number of carbonyl (C=O) groups excluding carboxylic acids is 2. The highest BCUT2D eigenvalue weighted by Crippen LogP contribution is 2.28. The second kappa shape index (κ2) is 6.06. The van der Waals surface area contributed by atoms with Crippen molar-refractivity contribution in [2.45, 2.75) is 51.5 Å². The number of amides is 2. The SMILES string of the molecule is CC(=O)N1CCC[C@@H]1C(=O)N1CCC[C@@H](c2nc(C)no2)C1. The molecular formula is C15H22N4O3. The van der Waals surface area contributed by atoms with E-state index in [4.69, 9.17) is 4.52 Å². The Morgan fingerprint density at radius 1 is 1.23 bits per heavy atom. The van der Waals surface area contributed by atoms with Crippen LogP contribution in [0.1, 0.15) is 50.2 Å². The Bertz CT molecular complexity index is 571. The lowest BCUT2D eigenvalue weighted by Gasteiger charge is -2.34. The molecule has 120 valence electrons. The normalized spacial score (nSPS) is 25.5. The van der Waals surface area contributed by atoms with Crippen LogP contribution in [-0.4, -0.2) is 57.4 Å². The van der Waals surface area contributed by atoms with Gasteiger partial charge in [-0.25, -0.2) is 0 Å². The zero-order valence-electron chi connectivity index (χ0n) is 13.1. The molecule has 0 radical (unpaired) electrons. The first-order chi connectivity index (χ1) is 10.6. The second-order valence-corrected chi connectivity index (χ2v) is 6.17. The first-order valence-corrected chi connectivity index (χ1v) is 7.92. The molecule has 0 bridgehead atoms. The van der Waals surface area contributed by atoms with Gasteiger partial charge in [-0.3, -0.25) is 9.59 Å². The van der Waals surface area contributed by atoms with Crippen LogP contribution in [0.3, 0.4) is 0 Å². The highest BCUT2D eigenvalue weighted by Gasteiger charge is 2.37. The number of hydrogen-bond donors (Lipinski definition) is 0. The van der Waals surface area contributed by atoms with E-state index >= 15 is 0 Å². The lowest BCUT2D eigenvalue weighted by Crippen LogP contribution is -2.49. The molecule has 3 rings (SSSR count). The van der Waals surface area contributed by atoms with Crippen molar-refractivity contribution in [3.8, 4) is 0 Å². The molecule has 2 atom stereocenters. The molecule has 0 unspecified atom stereocenters. The fourth-order valence-electron chi connectivity index (χ4n) is 3.47. The van der Waals surface area contributed by atoms with Gasteiger partial charge in [0.1, 0.15) is 6.04 Å². The number of hydrogen-bond acceptors (Lipinski definition) is 5. The zero-order chi connectivity index (χ0) is 15.7. The van der Waals surface area contributed by atoms with E-state index < -0.39 is 0 Å². The molecule has 0 saturated carbocycles. The van der Waals surface area contributed by atoms with Gasteiger partial charge in [-0.1, -0.05) is 5.16 Å². The summed E-state index contributed by atoms with van der Waals surface area (Å²) in [5.41, 5.74) is 0. The molecule has 2 saturated heterocycles. The molecule has 7 nitrogen and oxygen atoms in total. The molecule has 3 heterocycles. The summed E-state index contributed by atoms with van der Waals surface area (Å²) in [5, 5.41) is 3.83. The van der Waals surface area contributed by atoms with Crippen LogP contribution in [0.25, 0.3) is 0 Å². The van der Waals surface area contributed by atoms with E-state index in [9.17, 15) is 9.59 Å². The van der Waals surface area contributed by atoms with Crippen molar-refractivity contribution in [3.05, 3.63) is 11.7 Å². The summed E-state index contributed by atoms with van der Waals surface area (Å²) in [6.07, 6.45) is 3.53. The van der Waals surface area contributed by atoms with E-state index in [0.717, 1.165) is 32.2 Å². The van der Waals surface area contributed by atoms with Gasteiger partial charge in [0.05, 0.1) is 5.92 Å². The van der Waals surface area contributed by atoms with Gasteiger partial charge in [0.2, 0.25) is 17.7 Å². The van der Waals surface area contributed by atoms with Gasteiger partial charge in [0.25, 0.3) is 0 Å². The van der Waals surface area contributed by atoms with Crippen LogP contribution < -0.4 is 0 Å². The average Bonchev–Trinajstić information content (AvgIpc) is 3.15. The molecule has 0 N–H and O–H groups in total. The summed E-state index contributed by atoms with van der Waals surface area (Å²) in [5.74, 6) is 1.39. The molecule has 0 spiro atoms. The van der Waals surface area contributed by atoms with Crippen LogP contribution in [0.4, 0.5) is 0 Å². The van der Waals surface area contributed by atoms with Crippen molar-refractivity contribution in [2.75, 3.05) is 19.6 Å². The summed E-state index contributed by atoms with van der Waals surface area (Å²) < 4.78 is 5.25. The summed E-state index contributed by atoms with van der Waals surface area (Å²) >= 11 is 0. The van der Waals surface area contributed by atoms with E-state index in [2.05, 4.69) is 10.1 Å². The molecule has 1 aromatic heterocycles. The lowest BCUT2D eigenvalue weighted by molar-refractivity contribution is -0.143. The highest BCUT2D eigenvalue weighted by molar-refractivity contribution is 5.87. The van der Waals surface area contributed by atoms with Crippen LogP contribution >= 0.6 is 0 Å². The second-order valence-electron chi connectivity index (χ2n) is 6.17. The van der Waals surface area contributed by atoms with E-state index in [1.165, 1.54) is 6.92 Å². The Labute approximate surface area is 129 Å². The zero-order valence-corrected chi connectivity index (χ0v) is 13.1. The first-order valence-electron chi connectivity index (χ1n) is 7.92. The largest absolute Gasteiger partial charge is 0.340 e. The quantitative estimate of drug-likeness (QED) is 0.817. The molecule has 2 amide bonds. The molecule has 0 aromatic carbocycles. The molecular weight excluding hydrogens is 284 g/mol. The molecule has 1 aromatic rings. The minimum absolute atomic E-state index is 0.0167. The summed E-state index contributed by atoms with van der Waals surface area (Å²) in [4.78, 5) is 32.3. The van der Waals surface area contributed by atoms with Gasteiger partial charge in [0, 0.05) is 26.6 Å². The molecule has 2 aliphatic heterocycles. The van der Waals surface area contributed by atoms with Crippen LogP contribution in [0.5, 0.6) is 0 Å². The van der Waals surface area contributed by atoms with E-state index in [0.29, 0.717) is 24.8 Å². The maximum absolute atomic E-state index is 12.8. The smallest absolute Gasteiger partial charge is 0.245 e. The fraction of sp³-hybridized carbons (Fsp3) is 0.733. The molecule has 2 fully saturated rings. The van der Waals surface area contributed by atoms with E-state index in [1.807, 2.05) is 4.90 Å². The Hall–Kier alpha value is -1.92. The van der Waals surface area contributed by atoms with Crippen LogP contribution in [0, 0.1) is 6.92 Å². The van der Waals surface area contributed by atoms with Crippen LogP contribution in [0.2, 0.25) is 0 Å². The average molecular weight is 306 g/mol. The summed E-state index contributed by atoms with van der Waals surface area (Å²) in [6, 6.07) is -0.291. The molecule has 22 heavy (non-hydrogen) atoms. The third-order valence-corrected chi connectivity index (χ3v) is 4.57. The van der Waals surface area contributed by atoms with Gasteiger partial charge in [0.15, 0.2) is 5.82 Å². The predicted octanol–water partition coefficient (Wildman–Crippen LogP) is 1.09. The number of carbonyl (C=O) groups is 2. The standard InChI is InChI=1S/C15H22N4O3/c1-10-16-14(22-17-10)12-5-3-7-18(9-12)15(21)13-6-4-8-19(13)11(2)20/h12-13H,3-9H2,1-2H3/t12-,13-/m1/s1. The maximum atomic E-state index is 12.8. The van der Waals surface area contributed by atoms with Crippen LogP contribution in [-0.2, 0) is 9.59 Å². The highest BCUT2D eigenvalue weighted by atomic mass is 16.5. The van der Waals surface area contributed by atoms with Gasteiger partial charge in [-0.05, 0) is 32.6 Å². The van der Waals surface area contributed by atoms with Gasteiger partial charge < -0.3 is 14.3 Å². The molecule has 0 aliphatic carbocycles. The number of piperidine rings is 1. The van der Waals surface area contributed by atoms with Crippen molar-refractivity contribution >= 4 is 11.8 Å². The van der Waals surface area contributed by atoms with Crippen molar-refractivity contribution < 1.29 is 14.1 Å². The first kappa shape index (κ1) is 15.0. The van der Waals surface area contributed by atoms with Crippen molar-refractivity contribution in [1.82, 2.24) is 19.9 Å². The number of rotatable bonds is 2. The summed E-state index contributed by atoms with van der Waals surface area (Å²) in [7, 11) is 0. The topological polar surface area (TPSA) is 79.5 Å². The minimum atomic E-state index is -0.291. The monoisotopic (exact) mass is 306 g/mol. The lowest BCUT2D eigenvalue weighted by atomic mass is 9.97. The Morgan fingerprint density at radius 2 is 2.00 bits per heavy atom. The third-order valence-electron chi connectivity index (χ3n) is 4.57. The van der Waals surface area contributed by atoms with Gasteiger partial charge in [-0.15, -0.1) is 0 Å². The predicted molar refractivity (Wildman–Crippen MR) is 78.0 cm³/mol. The summed E-state index contributed by atoms with van der Waals surface area (Å²) in [6.45, 7) is 5.35. The van der Waals surface area contributed by atoms with Crippen LogP contribution in [0.15, 0.2) is 4.52 Å². The minimum Gasteiger partial charge on any atom is -0.340 e. The Balaban J connectivity index is 1.69. The Morgan fingerprint density at radius 3 is 2.68 bits per heavy atom. The maximum Gasteiger partial charge on any atom is 0.245 e. The number of likely N-dealkylation sites (tertiary alicyclic amines) is 2. The third kappa shape index (κ3) is 2.84. The van der Waals surface area contributed by atoms with Gasteiger partial charge in [-0.2, -0.15) is 4.98 Å². The van der Waals surface area contributed by atoms with E-state index in [1.54, 1.807) is 11.8 Å². The number of nitrogens with zero attached hydrogens (tertiary/aromatic N) is 4. The van der Waals surface area contributed by atoms with Crippen molar-refractivity contribution in [3.63, 3.8) is 0 Å². The molecule has 2 aliphatic rings. The van der Waals surface area contributed by atoms with Crippen molar-refractivity contribution in [1.29, 1.82) is 0 Å². The fourth-order valence-corrected chi connectivity index (χ4v) is 3.47. The Kier molecular flexibility index (Phi) is 4.13.